The fourth-order valence-electron chi connectivity index (χ4n) is 2.20. The van der Waals surface area contributed by atoms with Crippen LogP contribution in [0, 0.1) is 0 Å². The van der Waals surface area contributed by atoms with Crippen molar-refractivity contribution in [3.63, 3.8) is 0 Å². The summed E-state index contributed by atoms with van der Waals surface area (Å²) in [5.41, 5.74) is 3.85. The fraction of sp³-hybridized carbons (Fsp3) is 0.214. The predicted octanol–water partition coefficient (Wildman–Crippen LogP) is 3.47. The highest BCUT2D eigenvalue weighted by Crippen LogP contribution is 2.29. The molecule has 1 heterocycles. The molecule has 1 aliphatic rings. The van der Waals surface area contributed by atoms with Gasteiger partial charge in [-0.1, -0.05) is 24.3 Å². The molecular weight excluding hydrogens is 216 g/mol. The molecule has 0 aliphatic heterocycles. The zero-order valence-corrected chi connectivity index (χ0v) is 9.72. The van der Waals surface area contributed by atoms with Gasteiger partial charge in [-0.25, -0.2) is 0 Å². The average molecular weight is 228 g/mol. The molecule has 16 heavy (non-hydrogen) atoms. The van der Waals surface area contributed by atoms with E-state index < -0.39 is 0 Å². The number of hydrogen-bond acceptors (Lipinski definition) is 2. The Balaban J connectivity index is 2.03. The number of Topliss-reactive ketones (excluding diaryl/α,β-unsaturated/α-hetero) is 1. The summed E-state index contributed by atoms with van der Waals surface area (Å²) in [4.78, 5) is 12.6. The minimum absolute atomic E-state index is 0.372. The van der Waals surface area contributed by atoms with Crippen LogP contribution in [0.4, 0.5) is 0 Å². The van der Waals surface area contributed by atoms with E-state index in [-0.39, 0.29) is 0 Å². The molecule has 1 aromatic heterocycles. The molecule has 0 fully saturated rings. The van der Waals surface area contributed by atoms with E-state index in [1.54, 1.807) is 11.3 Å². The minimum atomic E-state index is 0.372. The Morgan fingerprint density at radius 1 is 1.06 bits per heavy atom. The number of ketones is 1. The quantitative estimate of drug-likeness (QED) is 0.730. The lowest BCUT2D eigenvalue weighted by Gasteiger charge is -2.15. The van der Waals surface area contributed by atoms with E-state index >= 15 is 0 Å². The van der Waals surface area contributed by atoms with E-state index in [2.05, 4.69) is 35.7 Å². The predicted molar refractivity (Wildman–Crippen MR) is 66.8 cm³/mol. The van der Waals surface area contributed by atoms with Crippen molar-refractivity contribution in [1.82, 2.24) is 0 Å². The van der Waals surface area contributed by atoms with Crippen molar-refractivity contribution in [2.24, 2.45) is 0 Å². The summed E-state index contributed by atoms with van der Waals surface area (Å²) in [5.74, 6) is 0.372. The summed E-state index contributed by atoms with van der Waals surface area (Å²) >= 11 is 1.76. The maximum atomic E-state index is 11.3. The van der Waals surface area contributed by atoms with Gasteiger partial charge < -0.3 is 0 Å². The molecule has 0 saturated carbocycles. The maximum Gasteiger partial charge on any atom is 0.137 e. The second kappa shape index (κ2) is 3.87. The van der Waals surface area contributed by atoms with Gasteiger partial charge >= 0.3 is 0 Å². The van der Waals surface area contributed by atoms with Crippen LogP contribution >= 0.6 is 11.3 Å². The first kappa shape index (κ1) is 9.79. The van der Waals surface area contributed by atoms with E-state index in [9.17, 15) is 4.79 Å². The van der Waals surface area contributed by atoms with Gasteiger partial charge in [0.1, 0.15) is 5.78 Å². The Bertz CT molecular complexity index is 526. The van der Waals surface area contributed by atoms with Crippen LogP contribution < -0.4 is 0 Å². The van der Waals surface area contributed by atoms with Crippen molar-refractivity contribution in [1.29, 1.82) is 0 Å². The van der Waals surface area contributed by atoms with Gasteiger partial charge in [-0.15, -0.1) is 11.3 Å². The first-order chi connectivity index (χ1) is 7.83. The topological polar surface area (TPSA) is 17.1 Å². The van der Waals surface area contributed by atoms with Crippen LogP contribution in [-0.4, -0.2) is 5.78 Å². The Labute approximate surface area is 98.7 Å². The van der Waals surface area contributed by atoms with Crippen LogP contribution in [0.15, 0.2) is 35.7 Å². The summed E-state index contributed by atoms with van der Waals surface area (Å²) in [6, 6.07) is 10.7. The van der Waals surface area contributed by atoms with Crippen LogP contribution in [0.25, 0.3) is 10.4 Å². The van der Waals surface area contributed by atoms with Crippen LogP contribution in [0.5, 0.6) is 0 Å². The number of thiophene rings is 1. The van der Waals surface area contributed by atoms with Crippen molar-refractivity contribution in [2.75, 3.05) is 0 Å². The molecule has 0 unspecified atom stereocenters. The molecule has 80 valence electrons. The number of hydrogen-bond donors (Lipinski definition) is 0. The summed E-state index contributed by atoms with van der Waals surface area (Å²) < 4.78 is 0. The van der Waals surface area contributed by atoms with Gasteiger partial charge in [0, 0.05) is 17.7 Å². The maximum absolute atomic E-state index is 11.3. The molecule has 0 spiro atoms. The monoisotopic (exact) mass is 228 g/mol. The van der Waals surface area contributed by atoms with Crippen molar-refractivity contribution >= 4 is 17.1 Å². The largest absolute Gasteiger partial charge is 0.299 e. The van der Waals surface area contributed by atoms with Gasteiger partial charge in [-0.3, -0.25) is 4.79 Å². The number of rotatable bonds is 1. The Morgan fingerprint density at radius 2 is 2.00 bits per heavy atom. The molecular formula is C14H12OS. The van der Waals surface area contributed by atoms with Crippen LogP contribution in [0.3, 0.4) is 0 Å². The molecule has 2 aromatic rings. The molecule has 0 radical (unpaired) electrons. The van der Waals surface area contributed by atoms with E-state index in [1.807, 2.05) is 0 Å². The second-order valence-electron chi connectivity index (χ2n) is 4.18. The number of carbonyl (C=O) groups is 1. The molecule has 0 atom stereocenters. The molecule has 0 N–H and O–H groups in total. The SMILES string of the molecule is O=C1CCc2cc(-c3cccs3)ccc2C1. The van der Waals surface area contributed by atoms with E-state index in [0.29, 0.717) is 18.6 Å². The normalized spacial score (nSPS) is 14.9. The lowest BCUT2D eigenvalue weighted by Crippen LogP contribution is -2.12. The lowest BCUT2D eigenvalue weighted by atomic mass is 9.89. The standard InChI is InChI=1S/C14H12OS/c15-13-6-5-10-8-12(4-3-11(10)9-13)14-2-1-7-16-14/h1-4,7-8H,5-6,9H2. The highest BCUT2D eigenvalue weighted by Gasteiger charge is 2.15. The third-order valence-electron chi connectivity index (χ3n) is 3.07. The third-order valence-corrected chi connectivity index (χ3v) is 3.99. The van der Waals surface area contributed by atoms with Crippen molar-refractivity contribution in [2.45, 2.75) is 19.3 Å². The first-order valence-electron chi connectivity index (χ1n) is 5.50. The van der Waals surface area contributed by atoms with Gasteiger partial charge in [0.15, 0.2) is 0 Å². The van der Waals surface area contributed by atoms with Gasteiger partial charge in [0.05, 0.1) is 0 Å². The summed E-state index contributed by atoms with van der Waals surface area (Å²) in [7, 11) is 0. The summed E-state index contributed by atoms with van der Waals surface area (Å²) in [5, 5.41) is 2.10. The number of carbonyl (C=O) groups excluding carboxylic acids is 1. The zero-order chi connectivity index (χ0) is 11.0. The Morgan fingerprint density at radius 3 is 2.81 bits per heavy atom. The van der Waals surface area contributed by atoms with Crippen molar-refractivity contribution in [3.05, 3.63) is 46.8 Å². The Kier molecular flexibility index (Phi) is 2.37. The first-order valence-corrected chi connectivity index (χ1v) is 6.38. The number of aryl methyl sites for hydroxylation is 1. The molecule has 1 aromatic carbocycles. The van der Waals surface area contributed by atoms with Gasteiger partial charge in [0.25, 0.3) is 0 Å². The van der Waals surface area contributed by atoms with Crippen LogP contribution in [-0.2, 0) is 17.6 Å². The smallest absolute Gasteiger partial charge is 0.137 e. The molecule has 3 rings (SSSR count). The minimum Gasteiger partial charge on any atom is -0.299 e. The second-order valence-corrected chi connectivity index (χ2v) is 5.12. The summed E-state index contributed by atoms with van der Waals surface area (Å²) in [6.07, 6.45) is 2.24. The van der Waals surface area contributed by atoms with Gasteiger partial charge in [0.2, 0.25) is 0 Å². The average Bonchev–Trinajstić information content (AvgIpc) is 2.82. The van der Waals surface area contributed by atoms with Gasteiger partial charge in [-0.2, -0.15) is 0 Å². The molecule has 0 saturated heterocycles. The fourth-order valence-corrected chi connectivity index (χ4v) is 2.93. The lowest BCUT2D eigenvalue weighted by molar-refractivity contribution is -0.118. The van der Waals surface area contributed by atoms with Crippen molar-refractivity contribution in [3.8, 4) is 10.4 Å². The van der Waals surface area contributed by atoms with E-state index in [0.717, 1.165) is 6.42 Å². The van der Waals surface area contributed by atoms with E-state index in [1.165, 1.54) is 21.6 Å². The molecule has 0 bridgehead atoms. The molecule has 2 heteroatoms. The number of benzene rings is 1. The molecule has 1 nitrogen and oxygen atoms in total. The highest BCUT2D eigenvalue weighted by atomic mass is 32.1. The third kappa shape index (κ3) is 1.69. The molecule has 0 amide bonds. The molecule has 1 aliphatic carbocycles. The zero-order valence-electron chi connectivity index (χ0n) is 8.90. The number of fused-ring (bicyclic) bond motifs is 1. The van der Waals surface area contributed by atoms with Crippen LogP contribution in [0.2, 0.25) is 0 Å². The highest BCUT2D eigenvalue weighted by molar-refractivity contribution is 7.13. The Hall–Kier alpha value is -1.41. The van der Waals surface area contributed by atoms with E-state index in [4.69, 9.17) is 0 Å². The summed E-state index contributed by atoms with van der Waals surface area (Å²) in [6.45, 7) is 0. The van der Waals surface area contributed by atoms with Gasteiger partial charge in [-0.05, 0) is 34.6 Å². The van der Waals surface area contributed by atoms with Crippen LogP contribution in [0.1, 0.15) is 17.5 Å². The van der Waals surface area contributed by atoms with Crippen molar-refractivity contribution < 1.29 is 4.79 Å².